The van der Waals surface area contributed by atoms with Gasteiger partial charge in [-0.1, -0.05) is 0 Å². The van der Waals surface area contributed by atoms with Crippen molar-refractivity contribution < 1.29 is 0 Å². The molecule has 6 aliphatic rings. The number of para-hydroxylation sites is 2. The number of nitrogens with zero attached hydrogens (tertiary/aromatic N) is 1. The molecule has 12 rings (SSSR count). The van der Waals surface area contributed by atoms with Crippen LogP contribution >= 0.6 is 6.39 Å². The van der Waals surface area contributed by atoms with Crippen molar-refractivity contribution in [2.75, 3.05) is 5.09 Å². The Morgan fingerprint density at radius 1 is 0.684 bits per heavy atom. The zero-order valence-corrected chi connectivity index (χ0v) is 21.6. The van der Waals surface area contributed by atoms with Crippen molar-refractivity contribution in [1.29, 1.82) is 0 Å². The van der Waals surface area contributed by atoms with Gasteiger partial charge in [-0.05, 0) is 0 Å². The molecule has 4 fully saturated rings. The average Bonchev–Trinajstić information content (AvgIpc) is 3.40. The Hall–Kier alpha value is -3.55. The third-order valence-corrected chi connectivity index (χ3v) is 17.8. The monoisotopic (exact) mass is 493 g/mol. The fourth-order valence-electron chi connectivity index (χ4n) is 9.15. The van der Waals surface area contributed by atoms with E-state index in [9.17, 15) is 0 Å². The standard InChI is InChI=1S/C30H19B5N2P/c1-2-8-19(9-3-1)36-38(33-31-34(38)35(33)38)20-16-17-27-24(18-20)23-12-6-14-26-30(23)37(27)28-15-7-11-22-21-10-4-5-13-25(21)32(26)29(22)28/h1-18,36H/q-1. The summed E-state index contributed by atoms with van der Waals surface area (Å²) in [6, 6.07) is 41.4. The summed E-state index contributed by atoms with van der Waals surface area (Å²) in [4.78, 5) is 0. The minimum absolute atomic E-state index is 0.314. The maximum atomic E-state index is 4.20. The van der Waals surface area contributed by atoms with Crippen molar-refractivity contribution in [3.05, 3.63) is 109 Å². The van der Waals surface area contributed by atoms with E-state index in [1.165, 1.54) is 60.7 Å². The van der Waals surface area contributed by atoms with Crippen LogP contribution in [-0.2, 0) is 0 Å². The SMILES string of the molecule is [B-]1B2B3B1P23(Nc1ccccc1)c1ccc2c(c1)c1cccc3c1n2-c1cccc2c1B3c1ccccc1-2. The fourth-order valence-corrected chi connectivity index (χ4v) is 17.2. The second-order valence-electron chi connectivity index (χ2n) is 12.0. The molecule has 0 unspecified atom stereocenters. The first-order valence-corrected chi connectivity index (χ1v) is 16.2. The Morgan fingerprint density at radius 2 is 1.45 bits per heavy atom. The van der Waals surface area contributed by atoms with Gasteiger partial charge in [0.15, 0.2) is 0 Å². The van der Waals surface area contributed by atoms with Crippen LogP contribution in [0.3, 0.4) is 0 Å². The summed E-state index contributed by atoms with van der Waals surface area (Å²) in [5.41, 5.74) is 12.6. The average molecular weight is 493 g/mol. The topological polar surface area (TPSA) is 17.0 Å². The first-order valence-electron chi connectivity index (χ1n) is 13.8. The molecule has 170 valence electrons. The van der Waals surface area contributed by atoms with Gasteiger partial charge in [0.25, 0.3) is 0 Å². The van der Waals surface area contributed by atoms with Gasteiger partial charge in [-0.3, -0.25) is 0 Å². The van der Waals surface area contributed by atoms with Crippen LogP contribution in [0.15, 0.2) is 109 Å². The van der Waals surface area contributed by atoms with Gasteiger partial charge >= 0.3 is 224 Å². The Balaban J connectivity index is 1.20. The number of aromatic nitrogens is 1. The summed E-state index contributed by atoms with van der Waals surface area (Å²) >= 11 is 0. The van der Waals surface area contributed by atoms with E-state index in [0.717, 1.165) is 18.6 Å². The molecule has 0 spiro atoms. The van der Waals surface area contributed by atoms with Crippen LogP contribution in [0.1, 0.15) is 0 Å². The first-order chi connectivity index (χ1) is 18.8. The Bertz CT molecular complexity index is 2090. The van der Waals surface area contributed by atoms with Crippen LogP contribution in [0, 0.1) is 0 Å². The molecule has 0 atom stereocenters. The van der Waals surface area contributed by atoms with Crippen molar-refractivity contribution in [2.45, 2.75) is 0 Å². The van der Waals surface area contributed by atoms with Crippen molar-refractivity contribution in [3.63, 3.8) is 0 Å². The molecule has 8 heteroatoms. The summed E-state index contributed by atoms with van der Waals surface area (Å²) in [5, 5.41) is 8.60. The zero-order chi connectivity index (χ0) is 24.4. The van der Waals surface area contributed by atoms with E-state index in [0.29, 0.717) is 6.71 Å². The molecule has 2 radical (unpaired) electrons. The number of fused-ring (bicyclic) bond motifs is 8. The molecule has 1 aromatic heterocycles. The predicted molar refractivity (Wildman–Crippen MR) is 171 cm³/mol. The molecular weight excluding hydrogens is 473 g/mol. The molecule has 2 bridgehead atoms. The molecule has 2 nitrogen and oxygen atoms in total. The van der Waals surface area contributed by atoms with Gasteiger partial charge in [-0.25, -0.2) is 0 Å². The molecule has 7 heterocycles. The van der Waals surface area contributed by atoms with Gasteiger partial charge in [0.1, 0.15) is 0 Å². The second kappa shape index (κ2) is 5.87. The van der Waals surface area contributed by atoms with E-state index in [1.807, 2.05) is 0 Å². The van der Waals surface area contributed by atoms with Crippen LogP contribution in [0.5, 0.6) is 0 Å². The summed E-state index contributed by atoms with van der Waals surface area (Å²) in [6.45, 7) is 0.314. The number of anilines is 1. The first kappa shape index (κ1) is 19.5. The van der Waals surface area contributed by atoms with E-state index < -0.39 is 6.39 Å². The fraction of sp³-hybridized carbons (Fsp3) is 0. The Labute approximate surface area is 223 Å². The Morgan fingerprint density at radius 3 is 2.29 bits per heavy atom. The molecule has 0 aliphatic carbocycles. The molecule has 4 saturated heterocycles. The molecule has 0 saturated carbocycles. The number of rotatable bonds is 3. The van der Waals surface area contributed by atoms with E-state index in [1.54, 1.807) is 5.30 Å². The van der Waals surface area contributed by atoms with E-state index in [2.05, 4.69) is 126 Å². The minimum atomic E-state index is -2.06. The molecule has 6 aromatic rings. The van der Waals surface area contributed by atoms with Crippen molar-refractivity contribution >= 4 is 88.0 Å². The molecular formula is C30H19B5N2P-. The van der Waals surface area contributed by atoms with Gasteiger partial charge in [-0.2, -0.15) is 0 Å². The third-order valence-electron chi connectivity index (χ3n) is 10.9. The predicted octanol–water partition coefficient (Wildman–Crippen LogP) is 3.67. The van der Waals surface area contributed by atoms with Crippen LogP contribution < -0.4 is 26.8 Å². The molecule has 6 aliphatic heterocycles. The Kier molecular flexibility index (Phi) is 3.02. The van der Waals surface area contributed by atoms with Crippen LogP contribution in [0.25, 0.3) is 38.6 Å². The number of benzene rings is 5. The normalized spacial score (nSPS) is 19.8. The third kappa shape index (κ3) is 1.78. The van der Waals surface area contributed by atoms with Gasteiger partial charge < -0.3 is 0 Å². The van der Waals surface area contributed by atoms with E-state index in [-0.39, 0.29) is 0 Å². The van der Waals surface area contributed by atoms with Crippen molar-refractivity contribution in [3.8, 4) is 16.8 Å². The van der Waals surface area contributed by atoms with Crippen molar-refractivity contribution in [1.82, 2.24) is 4.57 Å². The maximum absolute atomic E-state index is 4.20. The summed E-state index contributed by atoms with van der Waals surface area (Å²) in [6.07, 6.45) is 0.406. The van der Waals surface area contributed by atoms with E-state index in [4.69, 9.17) is 0 Å². The molecule has 0 amide bonds. The number of hydrogen-bond acceptors (Lipinski definition) is 1. The summed E-state index contributed by atoms with van der Waals surface area (Å²) in [7, 11) is 2.62. The second-order valence-corrected chi connectivity index (χ2v) is 17.2. The molecule has 5 aromatic carbocycles. The molecule has 1 N–H and O–H groups in total. The summed E-state index contributed by atoms with van der Waals surface area (Å²) < 4.78 is 2.57. The number of hydrogen-bond donors (Lipinski definition) is 1. The zero-order valence-electron chi connectivity index (χ0n) is 20.7. The van der Waals surface area contributed by atoms with Crippen molar-refractivity contribution in [2.24, 2.45) is 0 Å². The van der Waals surface area contributed by atoms with Crippen LogP contribution in [0.4, 0.5) is 5.69 Å². The van der Waals surface area contributed by atoms with Gasteiger partial charge in [0.2, 0.25) is 0 Å². The van der Waals surface area contributed by atoms with Gasteiger partial charge in [0, 0.05) is 0 Å². The van der Waals surface area contributed by atoms with Gasteiger partial charge in [-0.15, -0.1) is 0 Å². The molecule has 38 heavy (non-hydrogen) atoms. The number of nitrogens with one attached hydrogen (secondary N) is 1. The summed E-state index contributed by atoms with van der Waals surface area (Å²) in [5.74, 6) is 0. The van der Waals surface area contributed by atoms with Gasteiger partial charge in [0.05, 0.1) is 0 Å². The van der Waals surface area contributed by atoms with Crippen LogP contribution in [0.2, 0.25) is 0 Å². The van der Waals surface area contributed by atoms with E-state index >= 15 is 0 Å². The van der Waals surface area contributed by atoms with Crippen LogP contribution in [-0.4, -0.2) is 37.0 Å². The quantitative estimate of drug-likeness (QED) is 0.294.